The van der Waals surface area contributed by atoms with Crippen LogP contribution in [-0.4, -0.2) is 13.1 Å². The van der Waals surface area contributed by atoms with Gasteiger partial charge in [0.1, 0.15) is 0 Å². The van der Waals surface area contributed by atoms with Gasteiger partial charge < -0.3 is 5.32 Å². The van der Waals surface area contributed by atoms with Crippen LogP contribution in [0.3, 0.4) is 0 Å². The third-order valence-electron chi connectivity index (χ3n) is 1.76. The molecule has 1 N–H and O–H groups in total. The topological polar surface area (TPSA) is 12.0 Å². The first-order valence-electron chi connectivity index (χ1n) is 4.98. The lowest BCUT2D eigenvalue weighted by Gasteiger charge is -2.06. The zero-order valence-electron chi connectivity index (χ0n) is 8.32. The number of unbranched alkanes of at least 4 members (excludes halogenated alkanes) is 3. The summed E-state index contributed by atoms with van der Waals surface area (Å²) in [6.07, 6.45) is 5.47. The van der Waals surface area contributed by atoms with Gasteiger partial charge >= 0.3 is 0 Å². The Bertz CT molecular complexity index is 69.3. The van der Waals surface area contributed by atoms with E-state index in [9.17, 15) is 0 Å². The third kappa shape index (κ3) is 9.96. The van der Waals surface area contributed by atoms with E-state index >= 15 is 0 Å². The minimum absolute atomic E-state index is 0.793. The molecule has 11 heavy (non-hydrogen) atoms. The maximum atomic E-state index is 3.44. The summed E-state index contributed by atoms with van der Waals surface area (Å²) in [7, 11) is 0. The van der Waals surface area contributed by atoms with Crippen LogP contribution in [0.15, 0.2) is 0 Å². The second-order valence-corrected chi connectivity index (χ2v) is 3.66. The smallest absolute Gasteiger partial charge is 0.00258 e. The van der Waals surface area contributed by atoms with Crippen molar-refractivity contribution in [2.75, 3.05) is 13.1 Å². The molecule has 0 aliphatic heterocycles. The van der Waals surface area contributed by atoms with E-state index in [-0.39, 0.29) is 0 Å². The first-order chi connectivity index (χ1) is 5.27. The van der Waals surface area contributed by atoms with Gasteiger partial charge in [0.05, 0.1) is 0 Å². The van der Waals surface area contributed by atoms with Crippen molar-refractivity contribution in [2.24, 2.45) is 5.92 Å². The van der Waals surface area contributed by atoms with E-state index in [1.54, 1.807) is 0 Å². The highest BCUT2D eigenvalue weighted by molar-refractivity contribution is 4.51. The van der Waals surface area contributed by atoms with Gasteiger partial charge in [-0.25, -0.2) is 0 Å². The van der Waals surface area contributed by atoms with E-state index in [0.717, 1.165) is 5.92 Å². The zero-order valence-corrected chi connectivity index (χ0v) is 8.32. The Hall–Kier alpha value is -0.0400. The summed E-state index contributed by atoms with van der Waals surface area (Å²) >= 11 is 0. The fraction of sp³-hybridized carbons (Fsp3) is 1.00. The zero-order chi connectivity index (χ0) is 8.53. The summed E-state index contributed by atoms with van der Waals surface area (Å²) in [5.41, 5.74) is 0. The average Bonchev–Trinajstić information content (AvgIpc) is 1.96. The van der Waals surface area contributed by atoms with E-state index in [4.69, 9.17) is 0 Å². The first-order valence-corrected chi connectivity index (χ1v) is 4.98. The van der Waals surface area contributed by atoms with Crippen LogP contribution in [0.2, 0.25) is 0 Å². The predicted octanol–water partition coefficient (Wildman–Crippen LogP) is 2.81. The van der Waals surface area contributed by atoms with Crippen molar-refractivity contribution < 1.29 is 0 Å². The molecule has 0 aromatic rings. The van der Waals surface area contributed by atoms with Crippen molar-refractivity contribution in [3.63, 3.8) is 0 Å². The maximum absolute atomic E-state index is 3.44. The molecule has 0 amide bonds. The Labute approximate surface area is 71.6 Å². The SMILES string of the molecule is CCCCCCNCC(C)C. The minimum Gasteiger partial charge on any atom is -0.316 e. The molecular weight excluding hydrogens is 134 g/mol. The molecule has 0 saturated heterocycles. The van der Waals surface area contributed by atoms with Gasteiger partial charge in [-0.2, -0.15) is 0 Å². The van der Waals surface area contributed by atoms with Crippen molar-refractivity contribution in [1.82, 2.24) is 5.32 Å². The molecule has 0 spiro atoms. The number of rotatable bonds is 7. The molecule has 0 saturated carbocycles. The molecule has 0 unspecified atom stereocenters. The van der Waals surface area contributed by atoms with Gasteiger partial charge in [0.2, 0.25) is 0 Å². The highest BCUT2D eigenvalue weighted by Gasteiger charge is 1.91. The van der Waals surface area contributed by atoms with Crippen molar-refractivity contribution in [3.05, 3.63) is 0 Å². The van der Waals surface area contributed by atoms with Gasteiger partial charge in [0, 0.05) is 0 Å². The molecule has 0 rings (SSSR count). The summed E-state index contributed by atoms with van der Waals surface area (Å²) in [5, 5.41) is 3.44. The predicted molar refractivity (Wildman–Crippen MR) is 51.8 cm³/mol. The lowest BCUT2D eigenvalue weighted by molar-refractivity contribution is 0.529. The van der Waals surface area contributed by atoms with Gasteiger partial charge in [-0.3, -0.25) is 0 Å². The Kier molecular flexibility index (Phi) is 8.03. The third-order valence-corrected chi connectivity index (χ3v) is 1.76. The van der Waals surface area contributed by atoms with Crippen molar-refractivity contribution >= 4 is 0 Å². The Morgan fingerprint density at radius 3 is 2.36 bits per heavy atom. The van der Waals surface area contributed by atoms with Crippen LogP contribution in [0.1, 0.15) is 46.5 Å². The molecule has 0 aliphatic carbocycles. The van der Waals surface area contributed by atoms with Crippen LogP contribution < -0.4 is 5.32 Å². The molecular formula is C10H23N. The van der Waals surface area contributed by atoms with E-state index in [0.29, 0.717) is 0 Å². The number of nitrogens with one attached hydrogen (secondary N) is 1. The molecule has 1 nitrogen and oxygen atoms in total. The Balaban J connectivity index is 2.80. The summed E-state index contributed by atoms with van der Waals surface area (Å²) in [5.74, 6) is 0.793. The summed E-state index contributed by atoms with van der Waals surface area (Å²) in [6.45, 7) is 9.13. The fourth-order valence-corrected chi connectivity index (χ4v) is 1.07. The van der Waals surface area contributed by atoms with Crippen LogP contribution in [0.5, 0.6) is 0 Å². The van der Waals surface area contributed by atoms with Gasteiger partial charge in [0.15, 0.2) is 0 Å². The Morgan fingerprint density at radius 1 is 1.09 bits per heavy atom. The van der Waals surface area contributed by atoms with Gasteiger partial charge in [-0.1, -0.05) is 40.0 Å². The summed E-state index contributed by atoms with van der Waals surface area (Å²) in [6, 6.07) is 0. The molecule has 0 bridgehead atoms. The van der Waals surface area contributed by atoms with Crippen LogP contribution in [0, 0.1) is 5.92 Å². The highest BCUT2D eigenvalue weighted by Crippen LogP contribution is 1.97. The number of hydrogen-bond acceptors (Lipinski definition) is 1. The monoisotopic (exact) mass is 157 g/mol. The largest absolute Gasteiger partial charge is 0.316 e. The normalized spacial score (nSPS) is 10.9. The summed E-state index contributed by atoms with van der Waals surface area (Å²) < 4.78 is 0. The minimum atomic E-state index is 0.793. The molecule has 0 atom stereocenters. The van der Waals surface area contributed by atoms with E-state index in [2.05, 4.69) is 26.1 Å². The molecule has 0 aliphatic rings. The molecule has 0 heterocycles. The van der Waals surface area contributed by atoms with Gasteiger partial charge in [-0.15, -0.1) is 0 Å². The number of hydrogen-bond donors (Lipinski definition) is 1. The van der Waals surface area contributed by atoms with E-state index in [1.807, 2.05) is 0 Å². The fourth-order valence-electron chi connectivity index (χ4n) is 1.07. The van der Waals surface area contributed by atoms with Crippen LogP contribution in [0.25, 0.3) is 0 Å². The van der Waals surface area contributed by atoms with Crippen molar-refractivity contribution in [3.8, 4) is 0 Å². The first kappa shape index (κ1) is 11.0. The van der Waals surface area contributed by atoms with E-state index in [1.165, 1.54) is 38.8 Å². The van der Waals surface area contributed by atoms with Crippen LogP contribution in [-0.2, 0) is 0 Å². The lowest BCUT2D eigenvalue weighted by atomic mass is 10.2. The molecule has 68 valence electrons. The van der Waals surface area contributed by atoms with Gasteiger partial charge in [0.25, 0.3) is 0 Å². The lowest BCUT2D eigenvalue weighted by Crippen LogP contribution is -2.20. The van der Waals surface area contributed by atoms with Crippen LogP contribution >= 0.6 is 0 Å². The van der Waals surface area contributed by atoms with Crippen molar-refractivity contribution in [1.29, 1.82) is 0 Å². The molecule has 0 fully saturated rings. The molecule has 0 radical (unpaired) electrons. The van der Waals surface area contributed by atoms with E-state index < -0.39 is 0 Å². The highest BCUT2D eigenvalue weighted by atomic mass is 14.8. The maximum Gasteiger partial charge on any atom is -0.00258 e. The molecule has 0 aromatic carbocycles. The van der Waals surface area contributed by atoms with Gasteiger partial charge in [-0.05, 0) is 25.4 Å². The quantitative estimate of drug-likeness (QED) is 0.560. The van der Waals surface area contributed by atoms with Crippen molar-refractivity contribution in [2.45, 2.75) is 46.5 Å². The second kappa shape index (κ2) is 8.06. The Morgan fingerprint density at radius 2 is 1.82 bits per heavy atom. The molecule has 0 aromatic heterocycles. The second-order valence-electron chi connectivity index (χ2n) is 3.66. The average molecular weight is 157 g/mol. The van der Waals surface area contributed by atoms with Crippen LogP contribution in [0.4, 0.5) is 0 Å². The molecule has 1 heteroatoms. The summed E-state index contributed by atoms with van der Waals surface area (Å²) in [4.78, 5) is 0. The standard InChI is InChI=1S/C10H23N/c1-4-5-6-7-8-11-9-10(2)3/h10-11H,4-9H2,1-3H3.